The molecular weight excluding hydrogens is 288 g/mol. The molecule has 0 saturated carbocycles. The highest BCUT2D eigenvalue weighted by molar-refractivity contribution is 5.71. The lowest BCUT2D eigenvalue weighted by molar-refractivity contribution is -0.146. The van der Waals surface area contributed by atoms with E-state index in [1.807, 2.05) is 12.2 Å². The molecule has 0 rings (SSSR count). The Hall–Kier alpha value is -1.35. The van der Waals surface area contributed by atoms with Crippen LogP contribution in [0.15, 0.2) is 36.5 Å². The number of carbonyl (C=O) groups is 1. The van der Waals surface area contributed by atoms with Crippen molar-refractivity contribution < 1.29 is 15.0 Å². The molecule has 0 aromatic heterocycles. The van der Waals surface area contributed by atoms with Crippen LogP contribution in [0.1, 0.15) is 77.6 Å². The van der Waals surface area contributed by atoms with Crippen molar-refractivity contribution >= 4 is 5.97 Å². The molecule has 0 aliphatic heterocycles. The summed E-state index contributed by atoms with van der Waals surface area (Å²) >= 11 is 0. The average molecular weight is 322 g/mol. The fourth-order valence-corrected chi connectivity index (χ4v) is 2.16. The normalized spacial score (nSPS) is 13.5. The Kier molecular flexibility index (Phi) is 16.0. The van der Waals surface area contributed by atoms with Crippen molar-refractivity contribution in [3.05, 3.63) is 36.5 Å². The van der Waals surface area contributed by atoms with E-state index in [1.165, 1.54) is 44.9 Å². The third-order valence-corrected chi connectivity index (χ3v) is 3.63. The quantitative estimate of drug-likeness (QED) is 0.313. The van der Waals surface area contributed by atoms with Crippen LogP contribution >= 0.6 is 0 Å². The summed E-state index contributed by atoms with van der Waals surface area (Å²) in [5.41, 5.74) is 0. The smallest absolute Gasteiger partial charge is 0.332 e. The van der Waals surface area contributed by atoms with Gasteiger partial charge in [0.05, 0.1) is 0 Å². The summed E-state index contributed by atoms with van der Waals surface area (Å²) in [5.74, 6) is -1.14. The van der Waals surface area contributed by atoms with Gasteiger partial charge >= 0.3 is 5.97 Å². The van der Waals surface area contributed by atoms with Gasteiger partial charge < -0.3 is 10.2 Å². The van der Waals surface area contributed by atoms with Gasteiger partial charge in [-0.15, -0.1) is 0 Å². The largest absolute Gasteiger partial charge is 0.479 e. The Morgan fingerprint density at radius 3 is 1.83 bits per heavy atom. The molecular formula is C20H34O3. The molecule has 0 bridgehead atoms. The third kappa shape index (κ3) is 16.8. The summed E-state index contributed by atoms with van der Waals surface area (Å²) in [4.78, 5) is 10.4. The Bertz CT molecular complexity index is 356. The molecule has 132 valence electrons. The number of aliphatic hydroxyl groups is 1. The van der Waals surface area contributed by atoms with E-state index in [4.69, 9.17) is 10.2 Å². The number of unbranched alkanes of at least 4 members (excludes halogenated alkanes) is 6. The highest BCUT2D eigenvalue weighted by Crippen LogP contribution is 2.05. The second kappa shape index (κ2) is 17.0. The summed E-state index contributed by atoms with van der Waals surface area (Å²) in [6, 6.07) is 0. The first kappa shape index (κ1) is 21.6. The van der Waals surface area contributed by atoms with Crippen molar-refractivity contribution in [2.45, 2.75) is 83.7 Å². The summed E-state index contributed by atoms with van der Waals surface area (Å²) in [6.07, 6.45) is 23.4. The lowest BCUT2D eigenvalue weighted by Gasteiger charge is -2.00. The Labute approximate surface area is 141 Å². The fraction of sp³-hybridized carbons (Fsp3) is 0.650. The van der Waals surface area contributed by atoms with Crippen molar-refractivity contribution in [1.82, 2.24) is 0 Å². The minimum Gasteiger partial charge on any atom is -0.479 e. The minimum absolute atomic E-state index is 0.279. The number of rotatable bonds is 15. The molecule has 0 radical (unpaired) electrons. The zero-order chi connectivity index (χ0) is 17.2. The Balaban J connectivity index is 3.36. The summed E-state index contributed by atoms with van der Waals surface area (Å²) < 4.78 is 0. The number of carboxylic acid groups (broad SMARTS) is 1. The molecule has 0 saturated heterocycles. The summed E-state index contributed by atoms with van der Waals surface area (Å²) in [6.45, 7) is 2.23. The van der Waals surface area contributed by atoms with E-state index in [0.717, 1.165) is 12.8 Å². The predicted molar refractivity (Wildman–Crippen MR) is 97.5 cm³/mol. The molecule has 23 heavy (non-hydrogen) atoms. The highest BCUT2D eigenvalue weighted by Gasteiger charge is 2.10. The zero-order valence-corrected chi connectivity index (χ0v) is 14.6. The molecule has 0 heterocycles. The molecule has 0 aromatic carbocycles. The third-order valence-electron chi connectivity index (χ3n) is 3.63. The summed E-state index contributed by atoms with van der Waals surface area (Å²) in [7, 11) is 0. The molecule has 0 spiro atoms. The van der Waals surface area contributed by atoms with Crippen LogP contribution in [0.25, 0.3) is 0 Å². The van der Waals surface area contributed by atoms with Crippen LogP contribution in [0.3, 0.4) is 0 Å². The standard InChI is InChI=1S/C20H34O3/c1-2-3-4-5-6-7-8-9-10-11-12-13-14-15-16-17-18-19(21)20(22)23/h6-7,12-13,15-16,19,21H,2-5,8-11,14,17-18H2,1H3,(H,22,23). The number of aliphatic hydroxyl groups excluding tert-OH is 1. The average Bonchev–Trinajstić information content (AvgIpc) is 2.54. The van der Waals surface area contributed by atoms with Gasteiger partial charge in [-0.1, -0.05) is 56.2 Å². The van der Waals surface area contributed by atoms with Gasteiger partial charge in [0.15, 0.2) is 6.10 Å². The molecule has 2 N–H and O–H groups in total. The van der Waals surface area contributed by atoms with Crippen LogP contribution in [0.5, 0.6) is 0 Å². The first-order valence-electron chi connectivity index (χ1n) is 9.04. The first-order valence-corrected chi connectivity index (χ1v) is 9.04. The molecule has 0 fully saturated rings. The maximum atomic E-state index is 10.4. The molecule has 1 unspecified atom stereocenters. The van der Waals surface area contributed by atoms with Crippen molar-refractivity contribution in [1.29, 1.82) is 0 Å². The molecule has 3 nitrogen and oxygen atoms in total. The second-order valence-electron chi connectivity index (χ2n) is 5.86. The predicted octanol–water partition coefficient (Wildman–Crippen LogP) is 5.41. The molecule has 0 amide bonds. The lowest BCUT2D eigenvalue weighted by Crippen LogP contribution is -2.18. The van der Waals surface area contributed by atoms with Crippen LogP contribution in [0, 0.1) is 0 Å². The van der Waals surface area contributed by atoms with Crippen LogP contribution in [0.2, 0.25) is 0 Å². The van der Waals surface area contributed by atoms with Gasteiger partial charge in [0.25, 0.3) is 0 Å². The van der Waals surface area contributed by atoms with Gasteiger partial charge in [0.2, 0.25) is 0 Å². The number of hydrogen-bond donors (Lipinski definition) is 2. The van der Waals surface area contributed by atoms with Gasteiger partial charge in [-0.05, 0) is 57.8 Å². The first-order chi connectivity index (χ1) is 11.2. The maximum Gasteiger partial charge on any atom is 0.332 e. The Morgan fingerprint density at radius 2 is 1.30 bits per heavy atom. The Morgan fingerprint density at radius 1 is 0.826 bits per heavy atom. The van der Waals surface area contributed by atoms with E-state index in [9.17, 15) is 4.79 Å². The van der Waals surface area contributed by atoms with E-state index < -0.39 is 12.1 Å². The zero-order valence-electron chi connectivity index (χ0n) is 14.6. The van der Waals surface area contributed by atoms with Gasteiger partial charge in [0.1, 0.15) is 0 Å². The molecule has 0 aromatic rings. The van der Waals surface area contributed by atoms with Gasteiger partial charge in [0, 0.05) is 0 Å². The molecule has 1 atom stereocenters. The number of allylic oxidation sites excluding steroid dienone is 6. The van der Waals surface area contributed by atoms with Crippen molar-refractivity contribution in [3.8, 4) is 0 Å². The van der Waals surface area contributed by atoms with Crippen LogP contribution in [0.4, 0.5) is 0 Å². The number of carboxylic acids is 1. The van der Waals surface area contributed by atoms with Gasteiger partial charge in [-0.25, -0.2) is 4.79 Å². The molecule has 3 heteroatoms. The van der Waals surface area contributed by atoms with E-state index in [-0.39, 0.29) is 6.42 Å². The maximum absolute atomic E-state index is 10.4. The topological polar surface area (TPSA) is 57.5 Å². The molecule has 0 aliphatic rings. The van der Waals surface area contributed by atoms with E-state index in [2.05, 4.69) is 31.2 Å². The van der Waals surface area contributed by atoms with E-state index in [0.29, 0.717) is 6.42 Å². The van der Waals surface area contributed by atoms with E-state index >= 15 is 0 Å². The number of aliphatic carboxylic acids is 1. The van der Waals surface area contributed by atoms with Gasteiger partial charge in [-0.2, -0.15) is 0 Å². The monoisotopic (exact) mass is 322 g/mol. The SMILES string of the molecule is CCCCCC=CCCCCC=CCC=CCCC(O)C(=O)O. The van der Waals surface area contributed by atoms with Gasteiger partial charge in [-0.3, -0.25) is 0 Å². The highest BCUT2D eigenvalue weighted by atomic mass is 16.4. The lowest BCUT2D eigenvalue weighted by atomic mass is 10.1. The number of hydrogen-bond acceptors (Lipinski definition) is 2. The molecule has 0 aliphatic carbocycles. The minimum atomic E-state index is -1.24. The van der Waals surface area contributed by atoms with Crippen LogP contribution in [-0.2, 0) is 4.79 Å². The van der Waals surface area contributed by atoms with Crippen molar-refractivity contribution in [3.63, 3.8) is 0 Å². The second-order valence-corrected chi connectivity index (χ2v) is 5.86. The van der Waals surface area contributed by atoms with Crippen molar-refractivity contribution in [2.75, 3.05) is 0 Å². The fourth-order valence-electron chi connectivity index (χ4n) is 2.16. The van der Waals surface area contributed by atoms with Crippen LogP contribution in [-0.4, -0.2) is 22.3 Å². The summed E-state index contributed by atoms with van der Waals surface area (Å²) in [5, 5.41) is 17.6. The van der Waals surface area contributed by atoms with E-state index in [1.54, 1.807) is 0 Å². The van der Waals surface area contributed by atoms with Crippen LogP contribution < -0.4 is 0 Å². The van der Waals surface area contributed by atoms with Crippen molar-refractivity contribution in [2.24, 2.45) is 0 Å².